The molecular weight excluding hydrogens is 198 g/mol. The molecule has 0 fully saturated rings. The Morgan fingerprint density at radius 3 is 2.38 bits per heavy atom. The summed E-state index contributed by atoms with van der Waals surface area (Å²) >= 11 is 0. The van der Waals surface area contributed by atoms with Crippen LogP contribution in [0.2, 0.25) is 0 Å². The van der Waals surface area contributed by atoms with E-state index in [1.54, 1.807) is 0 Å². The molecule has 3 heteroatoms. The third-order valence-corrected chi connectivity index (χ3v) is 2.48. The van der Waals surface area contributed by atoms with Crippen molar-refractivity contribution in [3.8, 4) is 0 Å². The number of amidine groups is 1. The van der Waals surface area contributed by atoms with Gasteiger partial charge in [-0.05, 0) is 17.9 Å². The van der Waals surface area contributed by atoms with Crippen molar-refractivity contribution in [2.45, 2.75) is 33.1 Å². The van der Waals surface area contributed by atoms with E-state index >= 15 is 0 Å². The maximum absolute atomic E-state index is 5.46. The summed E-state index contributed by atoms with van der Waals surface area (Å²) in [5.41, 5.74) is 5.02. The van der Waals surface area contributed by atoms with Crippen LogP contribution in [0.5, 0.6) is 0 Å². The van der Waals surface area contributed by atoms with E-state index in [1.165, 1.54) is 5.56 Å². The first-order valence-corrected chi connectivity index (χ1v) is 5.80. The molecule has 0 amide bonds. The van der Waals surface area contributed by atoms with Gasteiger partial charge in [0, 0.05) is 12.1 Å². The highest BCUT2D eigenvalue weighted by atomic mass is 15.2. The molecule has 0 unspecified atom stereocenters. The Bertz CT molecular complexity index is 339. The number of aliphatic imine (C=N–C) groups is 1. The van der Waals surface area contributed by atoms with E-state index in [-0.39, 0.29) is 0 Å². The van der Waals surface area contributed by atoms with Gasteiger partial charge in [0.05, 0.1) is 0 Å². The van der Waals surface area contributed by atoms with Gasteiger partial charge in [-0.2, -0.15) is 0 Å². The molecule has 0 atom stereocenters. The van der Waals surface area contributed by atoms with Crippen molar-refractivity contribution in [1.82, 2.24) is 5.43 Å². The van der Waals surface area contributed by atoms with Crippen molar-refractivity contribution in [2.24, 2.45) is 10.8 Å². The topological polar surface area (TPSA) is 50.4 Å². The van der Waals surface area contributed by atoms with E-state index in [4.69, 9.17) is 5.84 Å². The SMILES string of the molecule is CCCN=C(NN)c1ccc(C(C)C)cc1. The van der Waals surface area contributed by atoms with Crippen LogP contribution >= 0.6 is 0 Å². The van der Waals surface area contributed by atoms with Gasteiger partial charge in [-0.1, -0.05) is 45.0 Å². The van der Waals surface area contributed by atoms with Gasteiger partial charge in [-0.15, -0.1) is 0 Å². The molecule has 0 aliphatic heterocycles. The van der Waals surface area contributed by atoms with Gasteiger partial charge in [-0.3, -0.25) is 4.99 Å². The molecule has 1 aromatic carbocycles. The number of hydrogen-bond donors (Lipinski definition) is 2. The van der Waals surface area contributed by atoms with E-state index < -0.39 is 0 Å². The van der Waals surface area contributed by atoms with Crippen LogP contribution in [0.1, 0.15) is 44.2 Å². The number of nitrogens with zero attached hydrogens (tertiary/aromatic N) is 1. The van der Waals surface area contributed by atoms with E-state index in [2.05, 4.69) is 55.5 Å². The maximum atomic E-state index is 5.46. The van der Waals surface area contributed by atoms with Crippen LogP contribution in [0.4, 0.5) is 0 Å². The highest BCUT2D eigenvalue weighted by molar-refractivity contribution is 5.98. The largest absolute Gasteiger partial charge is 0.308 e. The molecule has 0 aromatic heterocycles. The van der Waals surface area contributed by atoms with Crippen molar-refractivity contribution < 1.29 is 0 Å². The number of hydrazine groups is 1. The van der Waals surface area contributed by atoms with E-state index in [0.717, 1.165) is 24.4 Å². The lowest BCUT2D eigenvalue weighted by molar-refractivity contribution is 0.866. The standard InChI is InChI=1S/C13H21N3/c1-4-9-15-13(16-14)12-7-5-11(6-8-12)10(2)3/h5-8,10H,4,9,14H2,1-3H3,(H,15,16). The molecule has 3 N–H and O–H groups in total. The molecule has 1 rings (SSSR count). The fourth-order valence-corrected chi connectivity index (χ4v) is 1.47. The molecule has 1 aromatic rings. The average Bonchev–Trinajstić information content (AvgIpc) is 2.30. The Balaban J connectivity index is 2.86. The minimum Gasteiger partial charge on any atom is -0.308 e. The first-order chi connectivity index (χ1) is 7.69. The van der Waals surface area contributed by atoms with Gasteiger partial charge in [-0.25, -0.2) is 5.84 Å². The molecule has 0 aliphatic rings. The van der Waals surface area contributed by atoms with E-state index in [1.807, 2.05) is 0 Å². The van der Waals surface area contributed by atoms with E-state index in [9.17, 15) is 0 Å². The molecule has 0 saturated carbocycles. The van der Waals surface area contributed by atoms with Gasteiger partial charge in [0.25, 0.3) is 0 Å². The summed E-state index contributed by atoms with van der Waals surface area (Å²) in [4.78, 5) is 4.39. The minimum absolute atomic E-state index is 0.552. The van der Waals surface area contributed by atoms with Crippen LogP contribution in [0.15, 0.2) is 29.3 Å². The zero-order valence-electron chi connectivity index (χ0n) is 10.3. The predicted molar refractivity (Wildman–Crippen MR) is 69.5 cm³/mol. The van der Waals surface area contributed by atoms with Crippen LogP contribution in [-0.2, 0) is 0 Å². The zero-order chi connectivity index (χ0) is 12.0. The van der Waals surface area contributed by atoms with Crippen LogP contribution < -0.4 is 11.3 Å². The molecule has 0 saturated heterocycles. The Labute approximate surface area is 97.7 Å². The van der Waals surface area contributed by atoms with E-state index in [0.29, 0.717) is 5.92 Å². The number of benzene rings is 1. The number of hydrogen-bond acceptors (Lipinski definition) is 2. The van der Waals surface area contributed by atoms with Crippen LogP contribution in [0.25, 0.3) is 0 Å². The molecule has 0 bridgehead atoms. The van der Waals surface area contributed by atoms with Crippen molar-refractivity contribution in [3.63, 3.8) is 0 Å². The second-order valence-corrected chi connectivity index (χ2v) is 4.15. The van der Waals surface area contributed by atoms with Gasteiger partial charge in [0.2, 0.25) is 0 Å². The molecule has 88 valence electrons. The summed E-state index contributed by atoms with van der Waals surface area (Å²) in [6.07, 6.45) is 1.02. The summed E-state index contributed by atoms with van der Waals surface area (Å²) in [6.45, 7) is 7.26. The Hall–Kier alpha value is -1.35. The molecule has 0 aliphatic carbocycles. The second kappa shape index (κ2) is 6.28. The van der Waals surface area contributed by atoms with Gasteiger partial charge < -0.3 is 5.43 Å². The lowest BCUT2D eigenvalue weighted by Gasteiger charge is -2.08. The summed E-state index contributed by atoms with van der Waals surface area (Å²) < 4.78 is 0. The summed E-state index contributed by atoms with van der Waals surface area (Å²) in [7, 11) is 0. The quantitative estimate of drug-likeness (QED) is 0.354. The molecule has 0 radical (unpaired) electrons. The maximum Gasteiger partial charge on any atom is 0.142 e. The second-order valence-electron chi connectivity index (χ2n) is 4.15. The van der Waals surface area contributed by atoms with Gasteiger partial charge in [0.15, 0.2) is 0 Å². The summed E-state index contributed by atoms with van der Waals surface area (Å²) in [6, 6.07) is 8.37. The molecule has 0 heterocycles. The van der Waals surface area contributed by atoms with Crippen molar-refractivity contribution in [2.75, 3.05) is 6.54 Å². The van der Waals surface area contributed by atoms with Crippen LogP contribution in [0, 0.1) is 0 Å². The lowest BCUT2D eigenvalue weighted by Crippen LogP contribution is -2.31. The fourth-order valence-electron chi connectivity index (χ4n) is 1.47. The summed E-state index contributed by atoms with van der Waals surface area (Å²) in [5, 5.41) is 0. The Kier molecular flexibility index (Phi) is 4.99. The van der Waals surface area contributed by atoms with Crippen LogP contribution in [0.3, 0.4) is 0 Å². The third-order valence-electron chi connectivity index (χ3n) is 2.48. The van der Waals surface area contributed by atoms with Gasteiger partial charge in [0.1, 0.15) is 5.84 Å². The van der Waals surface area contributed by atoms with Crippen molar-refractivity contribution >= 4 is 5.84 Å². The molecule has 16 heavy (non-hydrogen) atoms. The normalized spacial score (nSPS) is 11.9. The first kappa shape index (κ1) is 12.7. The van der Waals surface area contributed by atoms with Crippen molar-refractivity contribution in [3.05, 3.63) is 35.4 Å². The average molecular weight is 219 g/mol. The zero-order valence-corrected chi connectivity index (χ0v) is 10.3. The minimum atomic E-state index is 0.552. The van der Waals surface area contributed by atoms with Crippen LogP contribution in [-0.4, -0.2) is 12.4 Å². The highest BCUT2D eigenvalue weighted by Gasteiger charge is 2.02. The lowest BCUT2D eigenvalue weighted by atomic mass is 10.0. The molecule has 0 spiro atoms. The number of rotatable bonds is 4. The number of nitrogens with one attached hydrogen (secondary N) is 1. The smallest absolute Gasteiger partial charge is 0.142 e. The highest BCUT2D eigenvalue weighted by Crippen LogP contribution is 2.14. The third kappa shape index (κ3) is 3.35. The number of nitrogens with two attached hydrogens (primary N) is 1. The Morgan fingerprint density at radius 2 is 1.94 bits per heavy atom. The first-order valence-electron chi connectivity index (χ1n) is 5.80. The molecule has 3 nitrogen and oxygen atoms in total. The predicted octanol–water partition coefficient (Wildman–Crippen LogP) is 2.43. The van der Waals surface area contributed by atoms with Crippen molar-refractivity contribution in [1.29, 1.82) is 0 Å². The van der Waals surface area contributed by atoms with Gasteiger partial charge >= 0.3 is 0 Å². The molecular formula is C13H21N3. The Morgan fingerprint density at radius 1 is 1.31 bits per heavy atom. The monoisotopic (exact) mass is 219 g/mol. The fraction of sp³-hybridized carbons (Fsp3) is 0.462. The summed E-state index contributed by atoms with van der Waals surface area (Å²) in [5.74, 6) is 6.78.